The maximum absolute atomic E-state index is 12.8. The summed E-state index contributed by atoms with van der Waals surface area (Å²) in [4.78, 5) is 14.7. The fourth-order valence-electron chi connectivity index (χ4n) is 2.98. The molecule has 0 aromatic carbocycles. The second kappa shape index (κ2) is 5.95. The lowest BCUT2D eigenvalue weighted by atomic mass is 10.1. The van der Waals surface area contributed by atoms with E-state index in [9.17, 15) is 4.79 Å². The highest BCUT2D eigenvalue weighted by Crippen LogP contribution is 2.26. The van der Waals surface area contributed by atoms with Crippen LogP contribution in [0, 0.1) is 13.8 Å². The fraction of sp³-hybridized carbons (Fsp3) is 0.714. The van der Waals surface area contributed by atoms with Crippen LogP contribution < -0.4 is 0 Å². The maximum Gasteiger partial charge on any atom is 0.257 e. The second-order valence-corrected chi connectivity index (χ2v) is 5.67. The number of alkyl halides is 1. The van der Waals surface area contributed by atoms with E-state index in [0.29, 0.717) is 18.5 Å². The summed E-state index contributed by atoms with van der Waals surface area (Å²) in [5.74, 6) is 0.580. The Kier molecular flexibility index (Phi) is 4.50. The first-order valence-corrected chi connectivity index (χ1v) is 7.46. The van der Waals surface area contributed by atoms with Crippen molar-refractivity contribution in [3.05, 3.63) is 17.0 Å². The van der Waals surface area contributed by atoms with Gasteiger partial charge in [-0.3, -0.25) is 9.48 Å². The highest BCUT2D eigenvalue weighted by molar-refractivity contribution is 6.18. The van der Waals surface area contributed by atoms with Crippen molar-refractivity contribution >= 4 is 17.5 Å². The number of rotatable bonds is 4. The van der Waals surface area contributed by atoms with E-state index in [2.05, 4.69) is 5.10 Å². The van der Waals surface area contributed by atoms with Gasteiger partial charge >= 0.3 is 0 Å². The lowest BCUT2D eigenvalue weighted by molar-refractivity contribution is 0.0693. The highest BCUT2D eigenvalue weighted by Gasteiger charge is 2.29. The molecule has 0 atom stereocenters. The van der Waals surface area contributed by atoms with Gasteiger partial charge in [0.05, 0.1) is 11.3 Å². The van der Waals surface area contributed by atoms with Gasteiger partial charge in [0.15, 0.2) is 0 Å². The molecule has 1 heterocycles. The molecule has 0 saturated heterocycles. The molecule has 1 saturated carbocycles. The first-order valence-electron chi connectivity index (χ1n) is 6.93. The summed E-state index contributed by atoms with van der Waals surface area (Å²) in [7, 11) is 1.88. The van der Waals surface area contributed by atoms with Gasteiger partial charge < -0.3 is 4.90 Å². The van der Waals surface area contributed by atoms with Crippen LogP contribution >= 0.6 is 11.6 Å². The Balaban J connectivity index is 2.28. The quantitative estimate of drug-likeness (QED) is 0.797. The van der Waals surface area contributed by atoms with Crippen LogP contribution in [0.2, 0.25) is 0 Å². The standard InChI is InChI=1S/C14H22ClN3O/c1-10-13(11(2)17(3)16-10)14(19)18(9-8-15)12-6-4-5-7-12/h12H,4-9H2,1-3H3. The van der Waals surface area contributed by atoms with Crippen molar-refractivity contribution in [2.45, 2.75) is 45.6 Å². The van der Waals surface area contributed by atoms with Crippen LogP contribution in [0.25, 0.3) is 0 Å². The number of amides is 1. The number of aromatic nitrogens is 2. The molecule has 1 aromatic rings. The number of aryl methyl sites for hydroxylation is 2. The molecule has 2 rings (SSSR count). The fourth-order valence-corrected chi connectivity index (χ4v) is 3.17. The molecule has 0 bridgehead atoms. The van der Waals surface area contributed by atoms with E-state index in [1.807, 2.05) is 25.8 Å². The molecule has 106 valence electrons. The Morgan fingerprint density at radius 1 is 1.42 bits per heavy atom. The third-order valence-corrected chi connectivity index (χ3v) is 4.24. The van der Waals surface area contributed by atoms with Gasteiger partial charge in [-0.15, -0.1) is 11.6 Å². The molecule has 0 unspecified atom stereocenters. The van der Waals surface area contributed by atoms with Gasteiger partial charge in [-0.25, -0.2) is 0 Å². The molecule has 0 radical (unpaired) electrons. The van der Waals surface area contributed by atoms with Gasteiger partial charge in [0.2, 0.25) is 0 Å². The molecule has 0 aliphatic heterocycles. The predicted octanol–water partition coefficient (Wildman–Crippen LogP) is 2.66. The highest BCUT2D eigenvalue weighted by atomic mass is 35.5. The SMILES string of the molecule is Cc1nn(C)c(C)c1C(=O)N(CCCl)C1CCCC1. The van der Waals surface area contributed by atoms with Crippen molar-refractivity contribution in [1.82, 2.24) is 14.7 Å². The molecular formula is C14H22ClN3O. The smallest absolute Gasteiger partial charge is 0.257 e. The molecule has 1 fully saturated rings. The summed E-state index contributed by atoms with van der Waals surface area (Å²) in [6.07, 6.45) is 4.62. The van der Waals surface area contributed by atoms with Crippen molar-refractivity contribution < 1.29 is 4.79 Å². The van der Waals surface area contributed by atoms with Crippen molar-refractivity contribution in [3.63, 3.8) is 0 Å². The van der Waals surface area contributed by atoms with Crippen LogP contribution in [-0.2, 0) is 7.05 Å². The van der Waals surface area contributed by atoms with E-state index in [4.69, 9.17) is 11.6 Å². The van der Waals surface area contributed by atoms with Crippen molar-refractivity contribution in [1.29, 1.82) is 0 Å². The number of halogens is 1. The Bertz CT molecular complexity index is 464. The molecule has 1 aromatic heterocycles. The topological polar surface area (TPSA) is 38.1 Å². The van der Waals surface area contributed by atoms with Crippen LogP contribution in [0.15, 0.2) is 0 Å². The predicted molar refractivity (Wildman–Crippen MR) is 76.7 cm³/mol. The molecule has 0 spiro atoms. The Morgan fingerprint density at radius 3 is 2.53 bits per heavy atom. The van der Waals surface area contributed by atoms with Gasteiger partial charge in [0.1, 0.15) is 0 Å². The average molecular weight is 284 g/mol. The van der Waals surface area contributed by atoms with E-state index in [-0.39, 0.29) is 5.91 Å². The molecule has 0 N–H and O–H groups in total. The molecular weight excluding hydrogens is 262 g/mol. The van der Waals surface area contributed by atoms with Crippen molar-refractivity contribution in [2.75, 3.05) is 12.4 Å². The number of carbonyl (C=O) groups excluding carboxylic acids is 1. The van der Waals surface area contributed by atoms with E-state index >= 15 is 0 Å². The van der Waals surface area contributed by atoms with E-state index in [0.717, 1.165) is 29.8 Å². The Morgan fingerprint density at radius 2 is 2.05 bits per heavy atom. The third kappa shape index (κ3) is 2.78. The second-order valence-electron chi connectivity index (χ2n) is 5.30. The zero-order valence-corrected chi connectivity index (χ0v) is 12.7. The molecule has 5 heteroatoms. The molecule has 4 nitrogen and oxygen atoms in total. The number of carbonyl (C=O) groups is 1. The largest absolute Gasteiger partial charge is 0.334 e. The number of hydrogen-bond acceptors (Lipinski definition) is 2. The zero-order chi connectivity index (χ0) is 14.0. The van der Waals surface area contributed by atoms with Gasteiger partial charge in [0, 0.05) is 31.2 Å². The molecule has 19 heavy (non-hydrogen) atoms. The lowest BCUT2D eigenvalue weighted by Crippen LogP contribution is -2.40. The van der Waals surface area contributed by atoms with Crippen LogP contribution in [0.4, 0.5) is 0 Å². The Hall–Kier alpha value is -1.03. The van der Waals surface area contributed by atoms with E-state index in [1.54, 1.807) is 4.68 Å². The summed E-state index contributed by atoms with van der Waals surface area (Å²) >= 11 is 5.88. The van der Waals surface area contributed by atoms with Crippen LogP contribution in [0.1, 0.15) is 47.4 Å². The third-order valence-electron chi connectivity index (χ3n) is 4.07. The molecule has 1 aliphatic rings. The average Bonchev–Trinajstić information content (AvgIpc) is 2.96. The first kappa shape index (κ1) is 14.4. The lowest BCUT2D eigenvalue weighted by Gasteiger charge is -2.28. The van der Waals surface area contributed by atoms with Gasteiger partial charge in [-0.05, 0) is 26.7 Å². The molecule has 1 aliphatic carbocycles. The normalized spacial score (nSPS) is 16.0. The maximum atomic E-state index is 12.8. The van der Waals surface area contributed by atoms with Crippen LogP contribution in [0.5, 0.6) is 0 Å². The minimum absolute atomic E-state index is 0.0932. The first-order chi connectivity index (χ1) is 9.06. The van der Waals surface area contributed by atoms with E-state index < -0.39 is 0 Å². The van der Waals surface area contributed by atoms with Crippen molar-refractivity contribution in [2.24, 2.45) is 7.05 Å². The zero-order valence-electron chi connectivity index (χ0n) is 11.9. The Labute approximate surface area is 119 Å². The van der Waals surface area contributed by atoms with Gasteiger partial charge in [-0.2, -0.15) is 5.10 Å². The summed E-state index contributed by atoms with van der Waals surface area (Å²) in [5, 5.41) is 4.34. The minimum atomic E-state index is 0.0932. The molecule has 1 amide bonds. The van der Waals surface area contributed by atoms with Crippen LogP contribution in [0.3, 0.4) is 0 Å². The van der Waals surface area contributed by atoms with E-state index in [1.165, 1.54) is 12.8 Å². The summed E-state index contributed by atoms with van der Waals surface area (Å²) in [6.45, 7) is 4.47. The summed E-state index contributed by atoms with van der Waals surface area (Å²) < 4.78 is 1.77. The minimum Gasteiger partial charge on any atom is -0.334 e. The van der Waals surface area contributed by atoms with Gasteiger partial charge in [0.25, 0.3) is 5.91 Å². The number of nitrogens with zero attached hydrogens (tertiary/aromatic N) is 3. The summed E-state index contributed by atoms with van der Waals surface area (Å²) in [6, 6.07) is 0.352. The van der Waals surface area contributed by atoms with Crippen LogP contribution in [-0.4, -0.2) is 39.1 Å². The summed E-state index contributed by atoms with van der Waals surface area (Å²) in [5.41, 5.74) is 2.49. The van der Waals surface area contributed by atoms with Gasteiger partial charge in [-0.1, -0.05) is 12.8 Å². The number of hydrogen-bond donors (Lipinski definition) is 0. The van der Waals surface area contributed by atoms with Crippen molar-refractivity contribution in [3.8, 4) is 0 Å². The monoisotopic (exact) mass is 283 g/mol.